The van der Waals surface area contributed by atoms with Gasteiger partial charge in [0.15, 0.2) is 17.2 Å². The summed E-state index contributed by atoms with van der Waals surface area (Å²) in [6, 6.07) is 4.86. The number of hydrazine groups is 1. The number of nitrogens with zero attached hydrogens (tertiary/aromatic N) is 3. The van der Waals surface area contributed by atoms with Gasteiger partial charge in [0, 0.05) is 11.1 Å². The Morgan fingerprint density at radius 2 is 1.12 bits per heavy atom. The van der Waals surface area contributed by atoms with Gasteiger partial charge in [-0.15, -0.1) is 15.6 Å². The van der Waals surface area contributed by atoms with Crippen molar-refractivity contribution in [3.63, 3.8) is 0 Å². The minimum atomic E-state index is -0.108. The number of rotatable bonds is 9. The van der Waals surface area contributed by atoms with Gasteiger partial charge in [0.2, 0.25) is 6.21 Å². The van der Waals surface area contributed by atoms with E-state index in [9.17, 15) is 15.3 Å². The zero-order valence-corrected chi connectivity index (χ0v) is 31.7. The fourth-order valence-electron chi connectivity index (χ4n) is 3.27. The smallest absolute Gasteiger partial charge is 0.291 e. The molecule has 0 atom stereocenters. The van der Waals surface area contributed by atoms with Crippen LogP contribution in [0.4, 0.5) is 0 Å². The molecule has 0 saturated heterocycles. The molecule has 0 bridgehead atoms. The Morgan fingerprint density at radius 1 is 0.698 bits per heavy atom. The summed E-state index contributed by atoms with van der Waals surface area (Å²) in [4.78, 5) is 0. The van der Waals surface area contributed by atoms with Crippen LogP contribution in [0, 0.1) is 0 Å². The van der Waals surface area contributed by atoms with Crippen molar-refractivity contribution < 1.29 is 34.6 Å². The molecular formula is C25H21Br6N6O6+. The highest BCUT2D eigenvalue weighted by Gasteiger charge is 2.17. The molecule has 0 heterocycles. The summed E-state index contributed by atoms with van der Waals surface area (Å²) in [7, 11) is 4.43. The lowest BCUT2D eigenvalue weighted by Crippen LogP contribution is -2.83. The predicted octanol–water partition coefficient (Wildman–Crippen LogP) is 5.42. The van der Waals surface area contributed by atoms with Crippen LogP contribution in [0.5, 0.6) is 34.5 Å². The largest absolute Gasteiger partial charge is 0.506 e. The summed E-state index contributed by atoms with van der Waals surface area (Å²) in [6.45, 7) is 0. The zero-order valence-electron chi connectivity index (χ0n) is 22.1. The van der Waals surface area contributed by atoms with Gasteiger partial charge < -0.3 is 29.5 Å². The predicted molar refractivity (Wildman–Crippen MR) is 185 cm³/mol. The van der Waals surface area contributed by atoms with E-state index in [0.29, 0.717) is 60.8 Å². The number of halogens is 6. The molecule has 0 spiro atoms. The van der Waals surface area contributed by atoms with E-state index in [0.717, 1.165) is 0 Å². The van der Waals surface area contributed by atoms with Crippen LogP contribution in [0.2, 0.25) is 0 Å². The van der Waals surface area contributed by atoms with E-state index >= 15 is 0 Å². The molecule has 0 saturated carbocycles. The first kappa shape index (κ1) is 35.1. The first-order chi connectivity index (χ1) is 20.4. The van der Waals surface area contributed by atoms with E-state index < -0.39 is 0 Å². The summed E-state index contributed by atoms with van der Waals surface area (Å²) >= 11 is 20.1. The van der Waals surface area contributed by atoms with Crippen molar-refractivity contribution in [2.75, 3.05) is 21.3 Å². The topological polar surface area (TPSA) is 163 Å². The number of guanidine groups is 1. The van der Waals surface area contributed by atoms with Crippen LogP contribution in [0.3, 0.4) is 0 Å². The van der Waals surface area contributed by atoms with Gasteiger partial charge in [-0.05, 0) is 114 Å². The van der Waals surface area contributed by atoms with Crippen LogP contribution < -0.4 is 30.2 Å². The van der Waals surface area contributed by atoms with E-state index in [1.165, 1.54) is 40.0 Å². The molecule has 0 aliphatic carbocycles. The molecule has 3 rings (SSSR count). The van der Waals surface area contributed by atoms with E-state index in [1.807, 2.05) is 0 Å². The van der Waals surface area contributed by atoms with Crippen molar-refractivity contribution in [2.24, 2.45) is 15.3 Å². The van der Waals surface area contributed by atoms with Gasteiger partial charge in [-0.3, -0.25) is 0 Å². The molecule has 0 aliphatic rings. The van der Waals surface area contributed by atoms with Crippen LogP contribution >= 0.6 is 95.6 Å². The Labute approximate surface area is 296 Å². The summed E-state index contributed by atoms with van der Waals surface area (Å²) in [5, 5.41) is 46.6. The zero-order chi connectivity index (χ0) is 31.8. The maximum Gasteiger partial charge on any atom is 0.291 e. The Morgan fingerprint density at radius 3 is 1.58 bits per heavy atom. The third kappa shape index (κ3) is 8.42. The Bertz CT molecular complexity index is 1570. The molecule has 3 aromatic rings. The van der Waals surface area contributed by atoms with Crippen molar-refractivity contribution in [3.8, 4) is 34.5 Å². The molecule has 228 valence electrons. The number of hydrogen-bond donors (Lipinski definition) is 6. The monoisotopic (exact) mass is 975 g/mol. The number of ether oxygens (including phenoxy) is 3. The Kier molecular flexibility index (Phi) is 13.1. The van der Waals surface area contributed by atoms with Gasteiger partial charge in [-0.2, -0.15) is 10.2 Å². The van der Waals surface area contributed by atoms with Gasteiger partial charge in [-0.25, -0.2) is 5.43 Å². The van der Waals surface area contributed by atoms with Gasteiger partial charge >= 0.3 is 0 Å². The van der Waals surface area contributed by atoms with Crippen molar-refractivity contribution in [3.05, 3.63) is 61.7 Å². The van der Waals surface area contributed by atoms with Crippen molar-refractivity contribution in [1.82, 2.24) is 10.9 Å². The van der Waals surface area contributed by atoms with Gasteiger partial charge in [0.1, 0.15) is 30.7 Å². The molecule has 18 heteroatoms. The van der Waals surface area contributed by atoms with Crippen molar-refractivity contribution in [1.29, 1.82) is 0 Å². The maximum atomic E-state index is 10.5. The van der Waals surface area contributed by atoms with Crippen LogP contribution in [0.25, 0.3) is 0 Å². The van der Waals surface area contributed by atoms with E-state index in [4.69, 9.17) is 14.2 Å². The van der Waals surface area contributed by atoms with Crippen molar-refractivity contribution in [2.45, 2.75) is 0 Å². The molecule has 0 unspecified atom stereocenters. The quantitative estimate of drug-likeness (QED) is 0.0942. The van der Waals surface area contributed by atoms with Crippen LogP contribution in [0.1, 0.15) is 16.7 Å². The fraction of sp³-hybridized carbons (Fsp3) is 0.120. The van der Waals surface area contributed by atoms with E-state index in [-0.39, 0.29) is 23.2 Å². The van der Waals surface area contributed by atoms with E-state index in [2.05, 4.69) is 127 Å². The maximum absolute atomic E-state index is 10.5. The minimum absolute atomic E-state index is 0.00727. The SMILES string of the molecule is COc1c(Br)cc(C=NN=C(NN=Cc2cc(Br)c(OC)c(Br)c2O)N[NH+]=Cc2cc(Br)c(OC)c(Br)c2O)c(O)c1Br. The summed E-state index contributed by atoms with van der Waals surface area (Å²) < 4.78 is 18.6. The van der Waals surface area contributed by atoms with Crippen LogP contribution in [-0.2, 0) is 0 Å². The number of phenolic OH excluding ortho intramolecular Hbond substituents is 3. The highest BCUT2D eigenvalue weighted by molar-refractivity contribution is 9.12. The fourth-order valence-corrected chi connectivity index (χ4v) is 7.70. The van der Waals surface area contributed by atoms with Gasteiger partial charge in [-0.1, -0.05) is 0 Å². The Hall–Kier alpha value is -2.38. The van der Waals surface area contributed by atoms with Crippen LogP contribution in [0.15, 0.2) is 60.3 Å². The number of methoxy groups -OCH3 is 3. The number of benzene rings is 3. The second-order valence-electron chi connectivity index (χ2n) is 7.91. The molecule has 0 amide bonds. The lowest BCUT2D eigenvalue weighted by Gasteiger charge is -2.10. The molecule has 0 aliphatic heterocycles. The van der Waals surface area contributed by atoms with E-state index in [1.54, 1.807) is 18.2 Å². The molecule has 12 nitrogen and oxygen atoms in total. The number of aromatic hydroxyl groups is 3. The summed E-state index contributed by atoms with van der Waals surface area (Å²) in [6.07, 6.45) is 4.12. The third-order valence-electron chi connectivity index (χ3n) is 5.30. The average Bonchev–Trinajstić information content (AvgIpc) is 2.97. The molecule has 0 fully saturated rings. The number of phenols is 3. The molecule has 3 aromatic carbocycles. The summed E-state index contributed by atoms with van der Waals surface area (Å²) in [5.74, 6) is 0.968. The summed E-state index contributed by atoms with van der Waals surface area (Å²) in [5.41, 5.74) is 6.55. The lowest BCUT2D eigenvalue weighted by molar-refractivity contribution is -0.500. The van der Waals surface area contributed by atoms with Crippen molar-refractivity contribution >= 4 is 120 Å². The molecule has 0 aromatic heterocycles. The van der Waals surface area contributed by atoms with Gasteiger partial charge in [0.05, 0.1) is 52.7 Å². The van der Waals surface area contributed by atoms with Gasteiger partial charge in [0.25, 0.3) is 5.96 Å². The number of hydrogen-bond acceptors (Lipinski definition) is 9. The lowest BCUT2D eigenvalue weighted by atomic mass is 10.2. The average molecular weight is 981 g/mol. The third-order valence-corrected chi connectivity index (χ3v) is 9.27. The second-order valence-corrected chi connectivity index (χ2v) is 12.8. The normalized spacial score (nSPS) is 12.0. The number of hydrazone groups is 2. The molecule has 43 heavy (non-hydrogen) atoms. The van der Waals surface area contributed by atoms with Crippen LogP contribution in [-0.4, -0.2) is 61.3 Å². The number of nitrogens with one attached hydrogen (secondary N) is 3. The molecular weight excluding hydrogens is 960 g/mol. The highest BCUT2D eigenvalue weighted by Crippen LogP contribution is 2.43. The molecule has 6 N–H and O–H groups in total. The first-order valence-corrected chi connectivity index (χ1v) is 16.2. The Balaban J connectivity index is 1.93. The highest BCUT2D eigenvalue weighted by atomic mass is 79.9. The molecule has 0 radical (unpaired) electrons. The second kappa shape index (κ2) is 16.1. The minimum Gasteiger partial charge on any atom is -0.506 e. The standard InChI is InChI=1S/C25H20Br6N6O6/c1-41-22-13(26)4-10(19(38)16(22)29)7-32-35-25(36-33-8-11-5-14(27)23(42-2)17(30)20(11)39)37-34-9-12-6-15(28)24(43-3)18(31)21(12)40/h4-9,38-40H,1-3H3,(H2,35,36,37)/p+1. The first-order valence-electron chi connectivity index (χ1n) is 11.4.